The zero-order chi connectivity index (χ0) is 9.80. The fraction of sp³-hybridized carbons (Fsp3) is 0.143. The van der Waals surface area contributed by atoms with Crippen molar-refractivity contribution in [2.75, 3.05) is 0 Å². The number of hydrogen-bond donors (Lipinski definition) is 0. The van der Waals surface area contributed by atoms with E-state index in [1.807, 2.05) is 24.3 Å². The second kappa shape index (κ2) is 6.20. The van der Waals surface area contributed by atoms with Gasteiger partial charge >= 0.3 is 0 Å². The van der Waals surface area contributed by atoms with Gasteiger partial charge in [0.15, 0.2) is 0 Å². The third kappa shape index (κ3) is 3.89. The quantitative estimate of drug-likeness (QED) is 0.734. The molecule has 0 nitrogen and oxygen atoms in total. The monoisotopic (exact) mass is 269 g/mol. The maximum absolute atomic E-state index is 3.27. The van der Waals surface area contributed by atoms with Gasteiger partial charge in [-0.1, -0.05) is 6.92 Å². The zero-order valence-electron chi connectivity index (χ0n) is 8.83. The predicted octanol–water partition coefficient (Wildman–Crippen LogP) is 3.18. The summed E-state index contributed by atoms with van der Waals surface area (Å²) >= 11 is 0. The van der Waals surface area contributed by atoms with Crippen LogP contribution in [-0.4, -0.2) is 0 Å². The molecule has 0 spiro atoms. The van der Waals surface area contributed by atoms with Gasteiger partial charge in [0.2, 0.25) is 0 Å². The first-order chi connectivity index (χ1) is 6.84. The summed E-state index contributed by atoms with van der Waals surface area (Å²) in [5, 5.41) is 0. The van der Waals surface area contributed by atoms with Crippen LogP contribution in [0.2, 0.25) is 0 Å². The van der Waals surface area contributed by atoms with Crippen LogP contribution in [0.1, 0.15) is 16.7 Å². The molecule has 0 N–H and O–H groups in total. The van der Waals surface area contributed by atoms with E-state index in [0.29, 0.717) is 0 Å². The van der Waals surface area contributed by atoms with E-state index in [2.05, 4.69) is 37.3 Å². The average Bonchev–Trinajstić information content (AvgIpc) is 2.23. The fourth-order valence-corrected chi connectivity index (χ4v) is 1.39. The molecule has 0 aliphatic rings. The Kier molecular flexibility index (Phi) is 5.21. The minimum atomic E-state index is 0. The molecule has 2 rings (SSSR count). The Morgan fingerprint density at radius 1 is 1.00 bits per heavy atom. The Labute approximate surface area is 117 Å². The molecule has 0 bridgehead atoms. The zero-order valence-corrected chi connectivity index (χ0v) is 11.7. The minimum Gasteiger partial charge on any atom is -0.180 e. The normalized spacial score (nSPS) is 9.40. The van der Waals surface area contributed by atoms with Crippen LogP contribution in [0.3, 0.4) is 0 Å². The van der Waals surface area contributed by atoms with Crippen molar-refractivity contribution in [3.05, 3.63) is 71.3 Å². The average molecular weight is 269 g/mol. The van der Waals surface area contributed by atoms with Gasteiger partial charge in [0.05, 0.1) is 0 Å². The molecular weight excluding hydrogens is 257 g/mol. The molecule has 15 heavy (non-hydrogen) atoms. The number of hydrogen-bond acceptors (Lipinski definition) is 0. The van der Waals surface area contributed by atoms with Crippen LogP contribution >= 0.6 is 0 Å². The summed E-state index contributed by atoms with van der Waals surface area (Å²) in [4.78, 5) is 0. The van der Waals surface area contributed by atoms with Gasteiger partial charge in [-0.25, -0.2) is 0 Å². The summed E-state index contributed by atoms with van der Waals surface area (Å²) in [5.41, 5.74) is 3.69. The molecule has 0 atom stereocenters. The maximum Gasteiger partial charge on any atom is 0 e. The second-order valence-electron chi connectivity index (χ2n) is 3.46. The van der Waals surface area contributed by atoms with Crippen molar-refractivity contribution in [2.45, 2.75) is 13.3 Å². The summed E-state index contributed by atoms with van der Waals surface area (Å²) in [6.07, 6.45) is 0.918. The number of benzene rings is 2. The van der Waals surface area contributed by atoms with Crippen LogP contribution < -0.4 is 0 Å². The Bertz CT molecular complexity index is 389. The molecule has 1 radical (unpaired) electrons. The van der Waals surface area contributed by atoms with Crippen molar-refractivity contribution in [2.24, 2.45) is 0 Å². The van der Waals surface area contributed by atoms with Crippen LogP contribution in [0.25, 0.3) is 0 Å². The molecule has 0 heterocycles. The van der Waals surface area contributed by atoms with E-state index in [1.54, 1.807) is 0 Å². The largest absolute Gasteiger partial charge is 0.180 e. The van der Waals surface area contributed by atoms with E-state index in [0.717, 1.165) is 6.42 Å². The first-order valence-electron chi connectivity index (χ1n) is 4.77. The third-order valence-electron chi connectivity index (χ3n) is 2.19. The van der Waals surface area contributed by atoms with Crippen molar-refractivity contribution in [3.8, 4) is 0 Å². The molecular formula is C14H12Y-2. The van der Waals surface area contributed by atoms with E-state index >= 15 is 0 Å². The topological polar surface area (TPSA) is 0 Å². The predicted molar refractivity (Wildman–Crippen MR) is 58.1 cm³/mol. The van der Waals surface area contributed by atoms with Gasteiger partial charge < -0.3 is 0 Å². The summed E-state index contributed by atoms with van der Waals surface area (Å²) in [5.74, 6) is 0. The first-order valence-corrected chi connectivity index (χ1v) is 4.77. The van der Waals surface area contributed by atoms with Crippen molar-refractivity contribution in [1.29, 1.82) is 0 Å². The molecule has 0 saturated heterocycles. The van der Waals surface area contributed by atoms with Crippen LogP contribution in [0.15, 0.2) is 42.5 Å². The molecule has 0 aromatic heterocycles. The van der Waals surface area contributed by atoms with Gasteiger partial charge in [0.1, 0.15) is 0 Å². The van der Waals surface area contributed by atoms with Gasteiger partial charge in [0.25, 0.3) is 0 Å². The molecule has 0 unspecified atom stereocenters. The molecule has 0 aliphatic heterocycles. The van der Waals surface area contributed by atoms with Gasteiger partial charge in [-0.05, 0) is 6.42 Å². The number of aryl methyl sites for hydroxylation is 1. The van der Waals surface area contributed by atoms with E-state index in [1.165, 1.54) is 16.7 Å². The molecule has 0 aliphatic carbocycles. The molecule has 2 aromatic rings. The summed E-state index contributed by atoms with van der Waals surface area (Å²) < 4.78 is 0. The molecule has 1 heteroatoms. The van der Waals surface area contributed by atoms with Crippen LogP contribution in [-0.2, 0) is 39.1 Å². The first kappa shape index (κ1) is 12.6. The Morgan fingerprint density at radius 2 is 1.80 bits per heavy atom. The fourth-order valence-electron chi connectivity index (χ4n) is 1.39. The standard InChI is InChI=1S/C14H12.Y/c1-12-7-9-14(10-8-12)11-13-5-3-2-4-6-13;/h2-5,7-9H,11H2,1H3;/q-2;. The molecule has 0 fully saturated rings. The van der Waals surface area contributed by atoms with Gasteiger partial charge in [-0.15, -0.1) is 0 Å². The van der Waals surface area contributed by atoms with Gasteiger partial charge in [-0.3, -0.25) is 0 Å². The molecule has 0 saturated carbocycles. The summed E-state index contributed by atoms with van der Waals surface area (Å²) in [6.45, 7) is 2.08. The van der Waals surface area contributed by atoms with E-state index in [4.69, 9.17) is 0 Å². The Balaban J connectivity index is 0.00000112. The third-order valence-corrected chi connectivity index (χ3v) is 2.19. The van der Waals surface area contributed by atoms with Crippen molar-refractivity contribution in [1.82, 2.24) is 0 Å². The minimum absolute atomic E-state index is 0. The van der Waals surface area contributed by atoms with Crippen molar-refractivity contribution < 1.29 is 32.7 Å². The van der Waals surface area contributed by atoms with Crippen LogP contribution in [0.5, 0.6) is 0 Å². The second-order valence-corrected chi connectivity index (χ2v) is 3.46. The Hall–Kier alpha value is -0.456. The summed E-state index contributed by atoms with van der Waals surface area (Å²) in [6, 6.07) is 20.8. The van der Waals surface area contributed by atoms with E-state index in [9.17, 15) is 0 Å². The maximum atomic E-state index is 3.27. The van der Waals surface area contributed by atoms with Crippen molar-refractivity contribution >= 4 is 0 Å². The molecule has 0 amide bonds. The van der Waals surface area contributed by atoms with Crippen LogP contribution in [0.4, 0.5) is 0 Å². The Morgan fingerprint density at radius 3 is 2.40 bits per heavy atom. The van der Waals surface area contributed by atoms with E-state index in [-0.39, 0.29) is 32.7 Å². The summed E-state index contributed by atoms with van der Waals surface area (Å²) in [7, 11) is 0. The van der Waals surface area contributed by atoms with Crippen LogP contribution in [0, 0.1) is 19.1 Å². The smallest absolute Gasteiger partial charge is 0 e. The number of rotatable bonds is 2. The SMILES string of the molecule is Cc1c[c-]c(Cc2[c-]cccc2)cc1.[Y]. The molecule has 2 aromatic carbocycles. The molecule has 73 valence electrons. The van der Waals surface area contributed by atoms with Gasteiger partial charge in [-0.2, -0.15) is 71.3 Å². The van der Waals surface area contributed by atoms with E-state index < -0.39 is 0 Å². The van der Waals surface area contributed by atoms with Gasteiger partial charge in [0, 0.05) is 32.7 Å². The van der Waals surface area contributed by atoms with Crippen molar-refractivity contribution in [3.63, 3.8) is 0 Å².